The van der Waals surface area contributed by atoms with E-state index in [9.17, 15) is 0 Å². The summed E-state index contributed by atoms with van der Waals surface area (Å²) in [6.07, 6.45) is 0. The van der Waals surface area contributed by atoms with Gasteiger partial charge in [-0.15, -0.1) is 11.3 Å². The van der Waals surface area contributed by atoms with Crippen LogP contribution in [0.4, 0.5) is 0 Å². The highest BCUT2D eigenvalue weighted by molar-refractivity contribution is 7.17. The fraction of sp³-hybridized carbons (Fsp3) is 0. The summed E-state index contributed by atoms with van der Waals surface area (Å²) in [4.78, 5) is 4.54. The van der Waals surface area contributed by atoms with Crippen LogP contribution in [0.1, 0.15) is 0 Å². The highest BCUT2D eigenvalue weighted by atomic mass is 32.1. The van der Waals surface area contributed by atoms with Crippen molar-refractivity contribution in [2.75, 3.05) is 0 Å². The summed E-state index contributed by atoms with van der Waals surface area (Å²) >= 11 is 1.71. The molecule has 0 saturated heterocycles. The first-order chi connectivity index (χ1) is 16.4. The van der Waals surface area contributed by atoms with Gasteiger partial charge in [-0.25, -0.2) is 4.98 Å². The Balaban J connectivity index is 1.55. The number of hydrogen-bond acceptors (Lipinski definition) is 2. The molecule has 0 radical (unpaired) electrons. The Morgan fingerprint density at radius 3 is 2.24 bits per heavy atom. The number of thiazole rings is 1. The maximum absolute atomic E-state index is 4.54. The summed E-state index contributed by atoms with van der Waals surface area (Å²) < 4.78 is 1.25. The van der Waals surface area contributed by atoms with Gasteiger partial charge in [0.15, 0.2) is 0 Å². The third-order valence-electron chi connectivity index (χ3n) is 6.59. The van der Waals surface area contributed by atoms with E-state index in [0.717, 1.165) is 5.52 Å². The lowest BCUT2D eigenvalue weighted by Crippen LogP contribution is -1.87. The number of fused-ring (bicyclic) bond motifs is 6. The van der Waals surface area contributed by atoms with Gasteiger partial charge < -0.3 is 0 Å². The Morgan fingerprint density at radius 1 is 0.515 bits per heavy atom. The Morgan fingerprint density at radius 2 is 1.33 bits per heavy atom. The minimum Gasteiger partial charge on any atom is -0.245 e. The number of benzene rings is 6. The number of hydrogen-bond donors (Lipinski definition) is 0. The minimum atomic E-state index is 1.06. The molecule has 0 aliphatic carbocycles. The molecule has 0 aliphatic heterocycles. The van der Waals surface area contributed by atoms with Gasteiger partial charge in [-0.1, -0.05) is 91.0 Å². The van der Waals surface area contributed by atoms with Crippen LogP contribution in [0.2, 0.25) is 0 Å². The maximum atomic E-state index is 4.54. The predicted octanol–water partition coefficient (Wildman–Crippen LogP) is 9.09. The van der Waals surface area contributed by atoms with E-state index in [1.54, 1.807) is 11.3 Å². The van der Waals surface area contributed by atoms with Crippen LogP contribution in [-0.4, -0.2) is 4.98 Å². The summed E-state index contributed by atoms with van der Waals surface area (Å²) in [6.45, 7) is 0. The Hall–Kier alpha value is -4.01. The minimum absolute atomic E-state index is 1.06. The van der Waals surface area contributed by atoms with Crippen molar-refractivity contribution in [3.63, 3.8) is 0 Å². The molecule has 2 heteroatoms. The summed E-state index contributed by atoms with van der Waals surface area (Å²) in [5.41, 5.74) is 8.03. The van der Waals surface area contributed by atoms with Gasteiger partial charge in [-0.3, -0.25) is 0 Å². The molecule has 7 aromatic rings. The molecule has 154 valence electrons. The lowest BCUT2D eigenvalue weighted by atomic mass is 9.90. The lowest BCUT2D eigenvalue weighted by Gasteiger charge is -2.14. The van der Waals surface area contributed by atoms with Gasteiger partial charge in [0.2, 0.25) is 0 Å². The van der Waals surface area contributed by atoms with Crippen molar-refractivity contribution >= 4 is 53.9 Å². The molecule has 0 saturated carbocycles. The molecular weight excluding hydrogens is 418 g/mol. The second kappa shape index (κ2) is 7.26. The van der Waals surface area contributed by atoms with Crippen molar-refractivity contribution in [1.82, 2.24) is 4.98 Å². The Bertz CT molecular complexity index is 1810. The zero-order valence-electron chi connectivity index (χ0n) is 17.8. The highest BCUT2D eigenvalue weighted by Gasteiger charge is 2.14. The third-order valence-corrected chi connectivity index (χ3v) is 7.47. The fourth-order valence-corrected chi connectivity index (χ4v) is 5.89. The van der Waals surface area contributed by atoms with E-state index >= 15 is 0 Å². The van der Waals surface area contributed by atoms with Crippen molar-refractivity contribution < 1.29 is 0 Å². The van der Waals surface area contributed by atoms with Gasteiger partial charge in [0.05, 0.1) is 15.7 Å². The molecule has 0 unspecified atom stereocenters. The summed E-state index contributed by atoms with van der Waals surface area (Å²) in [5, 5.41) is 7.74. The molecule has 1 aromatic heterocycles. The van der Waals surface area contributed by atoms with Crippen molar-refractivity contribution in [3.8, 4) is 22.3 Å². The summed E-state index contributed by atoms with van der Waals surface area (Å²) in [7, 11) is 0. The average molecular weight is 438 g/mol. The second-order valence-corrected chi connectivity index (χ2v) is 9.30. The SMILES string of the molecule is c1ccc(-c2ccc3c(ccc4cc(-c5cccc6ncsc56)c5ccccc5c43)c2)cc1. The number of nitrogens with zero attached hydrogens (tertiary/aromatic N) is 1. The van der Waals surface area contributed by atoms with Gasteiger partial charge in [-0.2, -0.15) is 0 Å². The largest absolute Gasteiger partial charge is 0.245 e. The lowest BCUT2D eigenvalue weighted by molar-refractivity contribution is 1.50. The van der Waals surface area contributed by atoms with E-state index in [-0.39, 0.29) is 0 Å². The smallest absolute Gasteiger partial charge is 0.0818 e. The van der Waals surface area contributed by atoms with Crippen LogP contribution in [-0.2, 0) is 0 Å². The molecule has 1 nitrogen and oxygen atoms in total. The maximum Gasteiger partial charge on any atom is 0.0818 e. The van der Waals surface area contributed by atoms with E-state index in [1.165, 1.54) is 59.3 Å². The summed E-state index contributed by atoms with van der Waals surface area (Å²) in [6, 6.07) is 39.6. The zero-order chi connectivity index (χ0) is 21.8. The van der Waals surface area contributed by atoms with Gasteiger partial charge in [0, 0.05) is 5.56 Å². The van der Waals surface area contributed by atoms with Gasteiger partial charge >= 0.3 is 0 Å². The molecular formula is C31H19NS. The predicted molar refractivity (Wildman–Crippen MR) is 143 cm³/mol. The van der Waals surface area contributed by atoms with Crippen LogP contribution < -0.4 is 0 Å². The van der Waals surface area contributed by atoms with E-state index in [1.807, 2.05) is 5.51 Å². The fourth-order valence-electron chi connectivity index (χ4n) is 5.07. The second-order valence-electron chi connectivity index (χ2n) is 8.44. The van der Waals surface area contributed by atoms with Crippen molar-refractivity contribution in [1.29, 1.82) is 0 Å². The van der Waals surface area contributed by atoms with Gasteiger partial charge in [-0.05, 0) is 67.2 Å². The van der Waals surface area contributed by atoms with Crippen LogP contribution in [0.3, 0.4) is 0 Å². The van der Waals surface area contributed by atoms with Crippen LogP contribution in [0.5, 0.6) is 0 Å². The van der Waals surface area contributed by atoms with E-state index < -0.39 is 0 Å². The zero-order valence-corrected chi connectivity index (χ0v) is 18.6. The van der Waals surface area contributed by atoms with Gasteiger partial charge in [0.25, 0.3) is 0 Å². The number of aromatic nitrogens is 1. The topological polar surface area (TPSA) is 12.9 Å². The first-order valence-corrected chi connectivity index (χ1v) is 12.0. The molecule has 33 heavy (non-hydrogen) atoms. The normalized spacial score (nSPS) is 11.6. The average Bonchev–Trinajstić information content (AvgIpc) is 3.37. The molecule has 1 heterocycles. The monoisotopic (exact) mass is 437 g/mol. The van der Waals surface area contributed by atoms with Crippen LogP contribution in [0.15, 0.2) is 115 Å². The molecule has 0 N–H and O–H groups in total. The molecule has 6 aromatic carbocycles. The molecule has 0 amide bonds. The molecule has 7 rings (SSSR count). The van der Waals surface area contributed by atoms with E-state index in [0.29, 0.717) is 0 Å². The van der Waals surface area contributed by atoms with Crippen LogP contribution >= 0.6 is 11.3 Å². The molecule has 0 atom stereocenters. The highest BCUT2D eigenvalue weighted by Crippen LogP contribution is 2.41. The first-order valence-electron chi connectivity index (χ1n) is 11.1. The quantitative estimate of drug-likeness (QED) is 0.246. The molecule has 0 spiro atoms. The molecule has 0 aliphatic rings. The number of rotatable bonds is 2. The third kappa shape index (κ3) is 2.88. The van der Waals surface area contributed by atoms with Crippen molar-refractivity contribution in [2.24, 2.45) is 0 Å². The van der Waals surface area contributed by atoms with Crippen LogP contribution in [0, 0.1) is 0 Å². The van der Waals surface area contributed by atoms with Crippen molar-refractivity contribution in [3.05, 3.63) is 115 Å². The van der Waals surface area contributed by atoms with Gasteiger partial charge in [0.1, 0.15) is 0 Å². The Kier molecular flexibility index (Phi) is 4.08. The summed E-state index contributed by atoms with van der Waals surface area (Å²) in [5.74, 6) is 0. The van der Waals surface area contributed by atoms with E-state index in [2.05, 4.69) is 114 Å². The van der Waals surface area contributed by atoms with E-state index in [4.69, 9.17) is 0 Å². The molecule has 0 bridgehead atoms. The standard InChI is InChI=1S/C31H19NS/c1-2-7-20(8-3-1)21-15-16-24-22(17-21)13-14-23-18-28(25-9-4-5-10-26(25)30(23)24)27-11-6-12-29-31(27)33-19-32-29/h1-19H. The van der Waals surface area contributed by atoms with Crippen LogP contribution in [0.25, 0.3) is 64.8 Å². The van der Waals surface area contributed by atoms with Crippen molar-refractivity contribution in [2.45, 2.75) is 0 Å². The first kappa shape index (κ1) is 18.6. The molecule has 0 fully saturated rings. The Labute approximate surface area is 195 Å².